The van der Waals surface area contributed by atoms with Crippen LogP contribution in [0.2, 0.25) is 5.02 Å². The summed E-state index contributed by atoms with van der Waals surface area (Å²) in [7, 11) is 0. The molecule has 3 rings (SSSR count). The predicted molar refractivity (Wildman–Crippen MR) is 103 cm³/mol. The van der Waals surface area contributed by atoms with E-state index in [0.717, 1.165) is 6.07 Å². The monoisotopic (exact) mass is 406 g/mol. The summed E-state index contributed by atoms with van der Waals surface area (Å²) in [6, 6.07) is 10.5. The van der Waals surface area contributed by atoms with Gasteiger partial charge in [0.2, 0.25) is 0 Å². The van der Waals surface area contributed by atoms with Gasteiger partial charge >= 0.3 is 6.03 Å². The fourth-order valence-corrected chi connectivity index (χ4v) is 3.09. The molecule has 0 radical (unpaired) electrons. The fraction of sp³-hybridized carbons (Fsp3) is 0.263. The molecular formula is C19H20ClFN4O3. The van der Waals surface area contributed by atoms with Gasteiger partial charge in [0.05, 0.1) is 19.8 Å². The maximum atomic E-state index is 14.6. The van der Waals surface area contributed by atoms with Crippen LogP contribution >= 0.6 is 11.6 Å². The molecular weight excluding hydrogens is 387 g/mol. The predicted octanol–water partition coefficient (Wildman–Crippen LogP) is 2.54. The van der Waals surface area contributed by atoms with Gasteiger partial charge in [-0.05, 0) is 30.3 Å². The molecule has 2 aromatic carbocycles. The van der Waals surface area contributed by atoms with E-state index in [2.05, 4.69) is 0 Å². The van der Waals surface area contributed by atoms with Gasteiger partial charge in [-0.25, -0.2) is 15.0 Å². The number of morpholine rings is 1. The van der Waals surface area contributed by atoms with Crippen molar-refractivity contribution in [3.63, 3.8) is 0 Å². The lowest BCUT2D eigenvalue weighted by Crippen LogP contribution is -2.48. The molecule has 28 heavy (non-hydrogen) atoms. The summed E-state index contributed by atoms with van der Waals surface area (Å²) in [6.07, 6.45) is 0. The first-order valence-corrected chi connectivity index (χ1v) is 9.06. The standard InChI is InChI=1S/C19H20ClFN4O3/c20-15-2-1-3-16(11-15)25(19(27)24-6-8-28-9-7-24)12-14-5-4-13(10-17(14)21)18(26)23-22/h1-5,10-11H,6-9,12,22H2,(H,23,26). The van der Waals surface area contributed by atoms with E-state index in [0.29, 0.717) is 37.0 Å². The molecule has 0 unspecified atom stereocenters. The molecule has 1 heterocycles. The van der Waals surface area contributed by atoms with Crippen LogP contribution in [-0.4, -0.2) is 43.1 Å². The lowest BCUT2D eigenvalue weighted by molar-refractivity contribution is 0.0548. The third-order valence-electron chi connectivity index (χ3n) is 4.41. The Kier molecular flexibility index (Phi) is 6.45. The number of amides is 3. The van der Waals surface area contributed by atoms with Gasteiger partial charge in [-0.3, -0.25) is 15.1 Å². The van der Waals surface area contributed by atoms with Gasteiger partial charge in [0, 0.05) is 34.9 Å². The van der Waals surface area contributed by atoms with Crippen LogP contribution < -0.4 is 16.2 Å². The Morgan fingerprint density at radius 2 is 1.96 bits per heavy atom. The summed E-state index contributed by atoms with van der Waals surface area (Å²) in [4.78, 5) is 27.8. The van der Waals surface area contributed by atoms with Crippen molar-refractivity contribution in [3.05, 3.63) is 64.4 Å². The van der Waals surface area contributed by atoms with Gasteiger partial charge in [0.25, 0.3) is 5.91 Å². The second-order valence-corrected chi connectivity index (χ2v) is 6.66. The summed E-state index contributed by atoms with van der Waals surface area (Å²) in [6.45, 7) is 1.79. The van der Waals surface area contributed by atoms with Gasteiger partial charge < -0.3 is 9.64 Å². The van der Waals surface area contributed by atoms with Crippen molar-refractivity contribution in [2.45, 2.75) is 6.54 Å². The number of nitrogens with zero attached hydrogens (tertiary/aromatic N) is 2. The minimum absolute atomic E-state index is 0.0209. The molecule has 0 aromatic heterocycles. The minimum Gasteiger partial charge on any atom is -0.378 e. The van der Waals surface area contributed by atoms with E-state index in [4.69, 9.17) is 22.2 Å². The van der Waals surface area contributed by atoms with E-state index in [1.165, 1.54) is 17.0 Å². The largest absolute Gasteiger partial charge is 0.378 e. The van der Waals surface area contributed by atoms with Gasteiger partial charge in [-0.2, -0.15) is 0 Å². The normalized spacial score (nSPS) is 13.9. The van der Waals surface area contributed by atoms with E-state index in [9.17, 15) is 14.0 Å². The molecule has 3 N–H and O–H groups in total. The summed E-state index contributed by atoms with van der Waals surface area (Å²) >= 11 is 6.08. The lowest BCUT2D eigenvalue weighted by atomic mass is 10.1. The number of benzene rings is 2. The fourth-order valence-electron chi connectivity index (χ4n) is 2.91. The Labute approximate surface area is 166 Å². The van der Waals surface area contributed by atoms with E-state index < -0.39 is 11.7 Å². The Balaban J connectivity index is 1.91. The van der Waals surface area contributed by atoms with Crippen molar-refractivity contribution in [2.75, 3.05) is 31.2 Å². The van der Waals surface area contributed by atoms with Crippen LogP contribution in [-0.2, 0) is 11.3 Å². The molecule has 0 atom stereocenters. The van der Waals surface area contributed by atoms with Crippen molar-refractivity contribution < 1.29 is 18.7 Å². The number of halogens is 2. The third kappa shape index (κ3) is 4.59. The number of nitrogen functional groups attached to an aromatic ring is 1. The Morgan fingerprint density at radius 1 is 1.21 bits per heavy atom. The van der Waals surface area contributed by atoms with Gasteiger partial charge in [-0.15, -0.1) is 0 Å². The minimum atomic E-state index is -0.608. The average molecular weight is 407 g/mol. The number of anilines is 1. The first kappa shape index (κ1) is 20.1. The van der Waals surface area contributed by atoms with Crippen molar-refractivity contribution in [2.24, 2.45) is 5.84 Å². The van der Waals surface area contributed by atoms with Gasteiger partial charge in [0.1, 0.15) is 5.82 Å². The van der Waals surface area contributed by atoms with Crippen LogP contribution in [0.25, 0.3) is 0 Å². The first-order valence-electron chi connectivity index (χ1n) is 8.68. The van der Waals surface area contributed by atoms with Crippen molar-refractivity contribution in [1.29, 1.82) is 0 Å². The summed E-state index contributed by atoms with van der Waals surface area (Å²) in [5.41, 5.74) is 2.86. The molecule has 1 aliphatic rings. The van der Waals surface area contributed by atoms with Crippen LogP contribution in [0.3, 0.4) is 0 Å². The van der Waals surface area contributed by atoms with E-state index in [1.807, 2.05) is 5.43 Å². The van der Waals surface area contributed by atoms with Crippen molar-refractivity contribution >= 4 is 29.2 Å². The van der Waals surface area contributed by atoms with Crippen molar-refractivity contribution in [1.82, 2.24) is 10.3 Å². The van der Waals surface area contributed by atoms with E-state index >= 15 is 0 Å². The molecule has 0 bridgehead atoms. The van der Waals surface area contributed by atoms with Gasteiger partial charge in [0.15, 0.2) is 0 Å². The molecule has 148 valence electrons. The quantitative estimate of drug-likeness (QED) is 0.464. The third-order valence-corrected chi connectivity index (χ3v) is 4.64. The highest BCUT2D eigenvalue weighted by Gasteiger charge is 2.25. The number of carbonyl (C=O) groups is 2. The zero-order chi connectivity index (χ0) is 20.1. The summed E-state index contributed by atoms with van der Waals surface area (Å²) in [5.74, 6) is 3.88. The molecule has 1 fully saturated rings. The van der Waals surface area contributed by atoms with Crippen molar-refractivity contribution in [3.8, 4) is 0 Å². The zero-order valence-corrected chi connectivity index (χ0v) is 15.8. The van der Waals surface area contributed by atoms with Gasteiger partial charge in [-0.1, -0.05) is 23.7 Å². The van der Waals surface area contributed by atoms with Crippen LogP contribution in [0.4, 0.5) is 14.9 Å². The number of nitrogens with two attached hydrogens (primary N) is 1. The van der Waals surface area contributed by atoms with E-state index in [1.54, 1.807) is 29.2 Å². The van der Waals surface area contributed by atoms with Crippen LogP contribution in [0.1, 0.15) is 15.9 Å². The van der Waals surface area contributed by atoms with Crippen LogP contribution in [0.5, 0.6) is 0 Å². The highest BCUT2D eigenvalue weighted by atomic mass is 35.5. The number of urea groups is 1. The molecule has 2 aromatic rings. The summed E-state index contributed by atoms with van der Waals surface area (Å²) < 4.78 is 19.9. The molecule has 3 amide bonds. The second-order valence-electron chi connectivity index (χ2n) is 6.23. The number of hydrogen-bond acceptors (Lipinski definition) is 4. The Hall–Kier alpha value is -2.68. The average Bonchev–Trinajstić information content (AvgIpc) is 2.72. The maximum absolute atomic E-state index is 14.6. The zero-order valence-electron chi connectivity index (χ0n) is 15.0. The van der Waals surface area contributed by atoms with Crippen LogP contribution in [0, 0.1) is 5.82 Å². The van der Waals surface area contributed by atoms with E-state index in [-0.39, 0.29) is 23.7 Å². The number of ether oxygens (including phenoxy) is 1. The Morgan fingerprint density at radius 3 is 2.61 bits per heavy atom. The summed E-state index contributed by atoms with van der Waals surface area (Å²) in [5, 5.41) is 0.465. The maximum Gasteiger partial charge on any atom is 0.324 e. The molecule has 0 saturated carbocycles. The topological polar surface area (TPSA) is 87.9 Å². The number of hydrazine groups is 1. The first-order chi connectivity index (χ1) is 13.5. The number of nitrogens with one attached hydrogen (secondary N) is 1. The SMILES string of the molecule is NNC(=O)c1ccc(CN(C(=O)N2CCOCC2)c2cccc(Cl)c2)c(F)c1. The molecule has 1 aliphatic heterocycles. The molecule has 0 aliphatic carbocycles. The Bertz CT molecular complexity index is 874. The lowest BCUT2D eigenvalue weighted by Gasteiger charge is -2.33. The number of rotatable bonds is 4. The van der Waals surface area contributed by atoms with Crippen LogP contribution in [0.15, 0.2) is 42.5 Å². The second kappa shape index (κ2) is 9.01. The highest BCUT2D eigenvalue weighted by molar-refractivity contribution is 6.30. The molecule has 9 heteroatoms. The molecule has 7 nitrogen and oxygen atoms in total. The molecule has 0 spiro atoms. The smallest absolute Gasteiger partial charge is 0.324 e. The number of carbonyl (C=O) groups excluding carboxylic acids is 2. The number of hydrogen-bond donors (Lipinski definition) is 2. The highest BCUT2D eigenvalue weighted by Crippen LogP contribution is 2.24. The molecule has 1 saturated heterocycles.